The number of H-pyrrole nitrogens is 1. The quantitative estimate of drug-likeness (QED) is 0.173. The van der Waals surface area contributed by atoms with E-state index in [1.54, 1.807) is 0 Å². The Kier molecular flexibility index (Phi) is 7.25. The van der Waals surface area contributed by atoms with Gasteiger partial charge in [-0.2, -0.15) is 0 Å². The topological polar surface area (TPSA) is 15.8 Å². The Morgan fingerprint density at radius 3 is 1.36 bits per heavy atom. The van der Waals surface area contributed by atoms with Crippen LogP contribution in [0.25, 0.3) is 109 Å². The number of hydrogen-bond donors (Lipinski definition) is 1. The molecule has 0 saturated heterocycles. The van der Waals surface area contributed by atoms with Gasteiger partial charge in [-0.25, -0.2) is 0 Å². The Morgan fingerprint density at radius 2 is 0.709 bits per heavy atom. The molecule has 1 N–H and O–H groups in total. The van der Waals surface area contributed by atoms with Crippen LogP contribution < -0.4 is 0 Å². The molecule has 256 valence electrons. The first kappa shape index (κ1) is 31.3. The van der Waals surface area contributed by atoms with Crippen LogP contribution >= 0.6 is 0 Å². The third-order valence-corrected chi connectivity index (χ3v) is 11.4. The van der Waals surface area contributed by atoms with E-state index in [9.17, 15) is 0 Å². The van der Waals surface area contributed by atoms with Crippen LogP contribution in [0.15, 0.2) is 206 Å². The zero-order chi connectivity index (χ0) is 36.3. The van der Waals surface area contributed by atoms with E-state index in [4.69, 9.17) is 0 Å². The smallest absolute Gasteiger partial charge is 0.0551 e. The van der Waals surface area contributed by atoms with Gasteiger partial charge in [-0.05, 0) is 100 Å². The highest BCUT2D eigenvalue weighted by molar-refractivity contribution is 6.37. The summed E-state index contributed by atoms with van der Waals surface area (Å²) in [6.45, 7) is 0. The number of aromatic amines is 1. The normalized spacial score (nSPS) is 11.6. The highest BCUT2D eigenvalue weighted by Crippen LogP contribution is 2.45. The minimum atomic E-state index is 1.17. The molecule has 0 aliphatic rings. The van der Waals surface area contributed by atoms with Gasteiger partial charge in [0, 0.05) is 27.1 Å². The second kappa shape index (κ2) is 12.7. The summed E-state index contributed by atoms with van der Waals surface area (Å²) in [7, 11) is 0. The minimum absolute atomic E-state index is 1.17. The lowest BCUT2D eigenvalue weighted by Gasteiger charge is -2.16. The summed E-state index contributed by atoms with van der Waals surface area (Å²) in [5.74, 6) is 0. The van der Waals surface area contributed by atoms with Crippen molar-refractivity contribution in [3.8, 4) is 22.3 Å². The SMILES string of the molecule is c1cc(-c2ccc3c4ccccc4c4ccccc4c3c2)cc(-c2cc3c4ccccc4c4[nH]c5ccccc5c4c3c3ccccc23)c1.c1ccccc1. The molecule has 0 aliphatic carbocycles. The molecule has 0 radical (unpaired) electrons. The van der Waals surface area contributed by atoms with E-state index in [-0.39, 0.29) is 0 Å². The second-order valence-corrected chi connectivity index (χ2v) is 14.4. The average Bonchev–Trinajstić information content (AvgIpc) is 3.67. The lowest BCUT2D eigenvalue weighted by Crippen LogP contribution is -1.89. The molecular formula is C54H35N. The van der Waals surface area contributed by atoms with Gasteiger partial charge in [0.2, 0.25) is 0 Å². The molecule has 1 nitrogen and oxygen atoms in total. The highest BCUT2D eigenvalue weighted by atomic mass is 14.7. The molecule has 1 heteroatoms. The first-order valence-electron chi connectivity index (χ1n) is 19.0. The van der Waals surface area contributed by atoms with Crippen LogP contribution in [0.2, 0.25) is 0 Å². The van der Waals surface area contributed by atoms with E-state index in [1.807, 2.05) is 36.4 Å². The third kappa shape index (κ3) is 5.01. The fourth-order valence-electron chi connectivity index (χ4n) is 8.97. The fraction of sp³-hybridized carbons (Fsp3) is 0. The van der Waals surface area contributed by atoms with Crippen molar-refractivity contribution in [2.75, 3.05) is 0 Å². The minimum Gasteiger partial charge on any atom is -0.354 e. The number of benzene rings is 11. The molecule has 0 amide bonds. The van der Waals surface area contributed by atoms with Crippen molar-refractivity contribution in [3.63, 3.8) is 0 Å². The Balaban J connectivity index is 0.000000539. The summed E-state index contributed by atoms with van der Waals surface area (Å²) in [6.07, 6.45) is 0. The number of para-hydroxylation sites is 1. The zero-order valence-electron chi connectivity index (χ0n) is 30.1. The Hall–Kier alpha value is -7.22. The average molecular weight is 698 g/mol. The second-order valence-electron chi connectivity index (χ2n) is 14.4. The van der Waals surface area contributed by atoms with Crippen molar-refractivity contribution >= 4 is 86.4 Å². The molecule has 1 heterocycles. The molecule has 0 saturated carbocycles. The fourth-order valence-corrected chi connectivity index (χ4v) is 8.97. The van der Waals surface area contributed by atoms with Gasteiger partial charge in [0.25, 0.3) is 0 Å². The maximum Gasteiger partial charge on any atom is 0.0551 e. The van der Waals surface area contributed by atoms with E-state index in [1.165, 1.54) is 109 Å². The van der Waals surface area contributed by atoms with Crippen molar-refractivity contribution in [1.29, 1.82) is 0 Å². The van der Waals surface area contributed by atoms with E-state index < -0.39 is 0 Å². The van der Waals surface area contributed by atoms with Crippen LogP contribution in [0.1, 0.15) is 0 Å². The maximum absolute atomic E-state index is 3.78. The molecule has 0 fully saturated rings. The van der Waals surface area contributed by atoms with Gasteiger partial charge in [0.05, 0.1) is 5.52 Å². The number of hydrogen-bond acceptors (Lipinski definition) is 0. The van der Waals surface area contributed by atoms with Crippen molar-refractivity contribution in [2.24, 2.45) is 0 Å². The molecular weight excluding hydrogens is 663 g/mol. The summed E-state index contributed by atoms with van der Waals surface area (Å²) in [6, 6.07) is 74.7. The van der Waals surface area contributed by atoms with Crippen LogP contribution in [0, 0.1) is 0 Å². The van der Waals surface area contributed by atoms with Crippen molar-refractivity contribution in [2.45, 2.75) is 0 Å². The van der Waals surface area contributed by atoms with Gasteiger partial charge in [-0.15, -0.1) is 0 Å². The molecule has 55 heavy (non-hydrogen) atoms. The van der Waals surface area contributed by atoms with Crippen LogP contribution in [-0.4, -0.2) is 4.98 Å². The van der Waals surface area contributed by atoms with Gasteiger partial charge < -0.3 is 4.98 Å². The van der Waals surface area contributed by atoms with Gasteiger partial charge in [-0.3, -0.25) is 0 Å². The summed E-state index contributed by atoms with van der Waals surface area (Å²) in [5, 5.41) is 18.0. The number of aromatic nitrogens is 1. The summed E-state index contributed by atoms with van der Waals surface area (Å²) < 4.78 is 0. The Morgan fingerprint density at radius 1 is 0.236 bits per heavy atom. The van der Waals surface area contributed by atoms with Crippen LogP contribution in [0.5, 0.6) is 0 Å². The van der Waals surface area contributed by atoms with Gasteiger partial charge in [0.15, 0.2) is 0 Å². The predicted molar refractivity (Wildman–Crippen MR) is 238 cm³/mol. The number of fused-ring (bicyclic) bond motifs is 16. The molecule has 0 atom stereocenters. The molecule has 12 aromatic rings. The zero-order valence-corrected chi connectivity index (χ0v) is 30.1. The van der Waals surface area contributed by atoms with Gasteiger partial charge >= 0.3 is 0 Å². The van der Waals surface area contributed by atoms with Crippen molar-refractivity contribution in [1.82, 2.24) is 4.98 Å². The van der Waals surface area contributed by atoms with Crippen LogP contribution in [-0.2, 0) is 0 Å². The molecule has 0 aliphatic heterocycles. The van der Waals surface area contributed by atoms with E-state index in [2.05, 4.69) is 175 Å². The first-order chi connectivity index (χ1) is 27.3. The molecule has 11 aromatic carbocycles. The van der Waals surface area contributed by atoms with Crippen LogP contribution in [0.3, 0.4) is 0 Å². The van der Waals surface area contributed by atoms with Crippen molar-refractivity contribution in [3.05, 3.63) is 206 Å². The van der Waals surface area contributed by atoms with Crippen LogP contribution in [0.4, 0.5) is 0 Å². The lowest BCUT2D eigenvalue weighted by molar-refractivity contribution is 1.56. The molecule has 1 aromatic heterocycles. The van der Waals surface area contributed by atoms with E-state index in [0.29, 0.717) is 0 Å². The van der Waals surface area contributed by atoms with Gasteiger partial charge in [0.1, 0.15) is 0 Å². The maximum atomic E-state index is 3.78. The predicted octanol–water partition coefficient (Wildman–Crippen LogP) is 15.3. The number of rotatable bonds is 2. The van der Waals surface area contributed by atoms with Crippen molar-refractivity contribution < 1.29 is 0 Å². The summed E-state index contributed by atoms with van der Waals surface area (Å²) in [4.78, 5) is 3.78. The molecule has 0 unspecified atom stereocenters. The molecule has 0 spiro atoms. The molecule has 0 bridgehead atoms. The monoisotopic (exact) mass is 697 g/mol. The Bertz CT molecular complexity index is 3360. The summed E-state index contributed by atoms with van der Waals surface area (Å²) >= 11 is 0. The first-order valence-corrected chi connectivity index (χ1v) is 19.0. The standard InChI is InChI=1S/C48H29N.C6H6/c1-2-16-34-32(14-1)33-15-3-4-17-35(33)43-27-30(24-25-38(34)43)29-12-11-13-31(26-29)42-28-44-37-19-6-8-21-40(37)48-47(41-22-9-10-23-45(41)49-48)46(44)39-20-7-5-18-36(39)42;1-2-4-6-5-3-1/h1-28,49H;1-6H. The summed E-state index contributed by atoms with van der Waals surface area (Å²) in [5.41, 5.74) is 7.31. The highest BCUT2D eigenvalue weighted by Gasteiger charge is 2.18. The van der Waals surface area contributed by atoms with E-state index in [0.717, 1.165) is 0 Å². The third-order valence-electron chi connectivity index (χ3n) is 11.4. The lowest BCUT2D eigenvalue weighted by atomic mass is 9.87. The van der Waals surface area contributed by atoms with Gasteiger partial charge in [-0.1, -0.05) is 182 Å². The molecule has 12 rings (SSSR count). The number of nitrogens with one attached hydrogen (secondary N) is 1. The largest absolute Gasteiger partial charge is 0.354 e. The Labute approximate surface area is 318 Å². The van der Waals surface area contributed by atoms with E-state index >= 15 is 0 Å².